The topological polar surface area (TPSA) is 76.6 Å². The maximum Gasteiger partial charge on any atom is 0.242 e. The number of hydrogen-bond acceptors (Lipinski definition) is 3. The van der Waals surface area contributed by atoms with Crippen LogP contribution >= 0.6 is 0 Å². The second-order valence-corrected chi connectivity index (χ2v) is 6.46. The molecule has 2 rings (SSSR count). The minimum Gasteiger partial charge on any atom is -0.357 e. The quantitative estimate of drug-likeness (QED) is 0.402. The van der Waals surface area contributed by atoms with Crippen LogP contribution in [0.4, 0.5) is 0 Å². The third kappa shape index (κ3) is 5.98. The molecule has 1 aromatic carbocycles. The van der Waals surface area contributed by atoms with Gasteiger partial charge < -0.3 is 20.1 Å². The lowest BCUT2D eigenvalue weighted by Crippen LogP contribution is -2.45. The molecule has 2 N–H and O–H groups in total. The number of aromatic nitrogens is 2. The van der Waals surface area contributed by atoms with Gasteiger partial charge in [0.1, 0.15) is 5.82 Å². The van der Waals surface area contributed by atoms with Gasteiger partial charge in [-0.1, -0.05) is 12.1 Å². The molecule has 0 spiro atoms. The molecule has 7 nitrogen and oxygen atoms in total. The van der Waals surface area contributed by atoms with Gasteiger partial charge in [-0.2, -0.15) is 0 Å². The summed E-state index contributed by atoms with van der Waals surface area (Å²) in [4.78, 5) is 28.7. The summed E-state index contributed by atoms with van der Waals surface area (Å²) in [6.07, 6.45) is 1.74. The Balaban J connectivity index is 1.89. The van der Waals surface area contributed by atoms with Gasteiger partial charge in [-0.3, -0.25) is 9.79 Å². The zero-order valence-corrected chi connectivity index (χ0v) is 17.0. The number of guanidine groups is 1. The van der Waals surface area contributed by atoms with Crippen molar-refractivity contribution in [3.8, 4) is 0 Å². The summed E-state index contributed by atoms with van der Waals surface area (Å²) >= 11 is 0. The van der Waals surface area contributed by atoms with Crippen LogP contribution in [0.25, 0.3) is 11.0 Å². The number of fused-ring (bicyclic) bond motifs is 1. The number of benzene rings is 1. The summed E-state index contributed by atoms with van der Waals surface area (Å²) in [5.74, 6) is 1.87. The number of para-hydroxylation sites is 2. The Bertz CT molecular complexity index is 717. The highest BCUT2D eigenvalue weighted by molar-refractivity contribution is 5.86. The molecule has 0 aliphatic carbocycles. The summed E-state index contributed by atoms with van der Waals surface area (Å²) in [6.45, 7) is 9.27. The predicted molar refractivity (Wildman–Crippen MR) is 111 cm³/mol. The van der Waals surface area contributed by atoms with Crippen LogP contribution < -0.4 is 5.32 Å². The van der Waals surface area contributed by atoms with Crippen molar-refractivity contribution in [3.05, 3.63) is 30.1 Å². The van der Waals surface area contributed by atoms with E-state index >= 15 is 0 Å². The third-order valence-corrected chi connectivity index (χ3v) is 4.46. The fourth-order valence-electron chi connectivity index (χ4n) is 2.98. The molecule has 1 heterocycles. The SMILES string of the molecule is CCNC(=NCCCc1nc2ccccc2[nH]1)N(C)CC(=O)N(CC)CC. The van der Waals surface area contributed by atoms with E-state index in [0.29, 0.717) is 13.1 Å². The lowest BCUT2D eigenvalue weighted by atomic mass is 10.3. The standard InChI is InChI=1S/C20H32N6O/c1-5-21-20(25(4)15-19(27)26(6-2)7-3)22-14-10-13-18-23-16-11-8-9-12-17(16)24-18/h8-9,11-12H,5-7,10,13-15H2,1-4H3,(H,21,22)(H,23,24). The van der Waals surface area contributed by atoms with E-state index in [1.165, 1.54) is 0 Å². The molecule has 0 saturated heterocycles. The summed E-state index contributed by atoms with van der Waals surface area (Å²) in [6, 6.07) is 8.05. The fraction of sp³-hybridized carbons (Fsp3) is 0.550. The Morgan fingerprint density at radius 3 is 2.63 bits per heavy atom. The van der Waals surface area contributed by atoms with Crippen LogP contribution in [-0.4, -0.2) is 71.4 Å². The molecule has 1 aromatic heterocycles. The highest BCUT2D eigenvalue weighted by Crippen LogP contribution is 2.11. The van der Waals surface area contributed by atoms with E-state index < -0.39 is 0 Å². The van der Waals surface area contributed by atoms with Gasteiger partial charge >= 0.3 is 0 Å². The Morgan fingerprint density at radius 1 is 1.22 bits per heavy atom. The highest BCUT2D eigenvalue weighted by atomic mass is 16.2. The lowest BCUT2D eigenvalue weighted by molar-refractivity contribution is -0.131. The first-order chi connectivity index (χ1) is 13.1. The molecule has 0 atom stereocenters. The first-order valence-corrected chi connectivity index (χ1v) is 9.79. The predicted octanol–water partition coefficient (Wildman–Crippen LogP) is 2.26. The van der Waals surface area contributed by atoms with Gasteiger partial charge in [0.2, 0.25) is 5.91 Å². The second-order valence-electron chi connectivity index (χ2n) is 6.46. The van der Waals surface area contributed by atoms with Crippen molar-refractivity contribution >= 4 is 22.9 Å². The number of aromatic amines is 1. The van der Waals surface area contributed by atoms with Crippen LogP contribution in [0.2, 0.25) is 0 Å². The zero-order chi connectivity index (χ0) is 19.6. The molecule has 148 valence electrons. The van der Waals surface area contributed by atoms with E-state index in [4.69, 9.17) is 0 Å². The molecule has 0 fully saturated rings. The van der Waals surface area contributed by atoms with Crippen molar-refractivity contribution in [3.63, 3.8) is 0 Å². The van der Waals surface area contributed by atoms with Crippen molar-refractivity contribution < 1.29 is 4.79 Å². The van der Waals surface area contributed by atoms with Gasteiger partial charge in [0.25, 0.3) is 0 Å². The summed E-state index contributed by atoms with van der Waals surface area (Å²) in [7, 11) is 1.90. The zero-order valence-electron chi connectivity index (χ0n) is 17.0. The van der Waals surface area contributed by atoms with E-state index in [2.05, 4.69) is 20.3 Å². The summed E-state index contributed by atoms with van der Waals surface area (Å²) in [5, 5.41) is 3.26. The number of rotatable bonds is 9. The first-order valence-electron chi connectivity index (χ1n) is 9.79. The van der Waals surface area contributed by atoms with Crippen LogP contribution in [0.3, 0.4) is 0 Å². The number of amides is 1. The van der Waals surface area contributed by atoms with E-state index in [9.17, 15) is 4.79 Å². The Morgan fingerprint density at radius 2 is 1.96 bits per heavy atom. The molecule has 0 saturated carbocycles. The van der Waals surface area contributed by atoms with Crippen LogP contribution in [-0.2, 0) is 11.2 Å². The monoisotopic (exact) mass is 372 g/mol. The van der Waals surface area contributed by atoms with Crippen molar-refractivity contribution in [1.29, 1.82) is 0 Å². The molecule has 0 radical (unpaired) electrons. The van der Waals surface area contributed by atoms with Gasteiger partial charge in [0.05, 0.1) is 17.6 Å². The number of H-pyrrole nitrogens is 1. The third-order valence-electron chi connectivity index (χ3n) is 4.46. The number of nitrogens with one attached hydrogen (secondary N) is 2. The van der Waals surface area contributed by atoms with Crippen molar-refractivity contribution in [1.82, 2.24) is 25.1 Å². The van der Waals surface area contributed by atoms with Gasteiger partial charge in [-0.05, 0) is 39.3 Å². The Kier molecular flexibility index (Phi) is 8.10. The molecule has 0 aliphatic heterocycles. The van der Waals surface area contributed by atoms with Gasteiger partial charge in [-0.25, -0.2) is 4.98 Å². The molecule has 7 heteroatoms. The van der Waals surface area contributed by atoms with E-state index in [0.717, 1.165) is 55.3 Å². The molecule has 0 unspecified atom stereocenters. The highest BCUT2D eigenvalue weighted by Gasteiger charge is 2.14. The second kappa shape index (κ2) is 10.5. The minimum absolute atomic E-state index is 0.121. The number of carbonyl (C=O) groups is 1. The number of imidazole rings is 1. The van der Waals surface area contributed by atoms with Crippen LogP contribution in [0.15, 0.2) is 29.3 Å². The maximum absolute atomic E-state index is 12.3. The van der Waals surface area contributed by atoms with Crippen LogP contribution in [0.1, 0.15) is 33.0 Å². The molecule has 0 aliphatic rings. The van der Waals surface area contributed by atoms with E-state index in [1.807, 2.05) is 61.9 Å². The van der Waals surface area contributed by atoms with Crippen molar-refractivity contribution in [2.75, 3.05) is 39.8 Å². The Hall–Kier alpha value is -2.57. The van der Waals surface area contributed by atoms with E-state index in [1.54, 1.807) is 0 Å². The van der Waals surface area contributed by atoms with Crippen LogP contribution in [0.5, 0.6) is 0 Å². The van der Waals surface area contributed by atoms with Gasteiger partial charge in [-0.15, -0.1) is 0 Å². The number of carbonyl (C=O) groups excluding carboxylic acids is 1. The molecule has 2 aromatic rings. The molecule has 1 amide bonds. The number of hydrogen-bond donors (Lipinski definition) is 2. The van der Waals surface area contributed by atoms with Crippen LogP contribution in [0, 0.1) is 0 Å². The normalized spacial score (nSPS) is 11.6. The molecular weight excluding hydrogens is 340 g/mol. The van der Waals surface area contributed by atoms with Crippen molar-refractivity contribution in [2.24, 2.45) is 4.99 Å². The maximum atomic E-state index is 12.3. The number of aliphatic imine (C=N–C) groups is 1. The number of aryl methyl sites for hydroxylation is 1. The molecule has 0 bridgehead atoms. The average Bonchev–Trinajstić information content (AvgIpc) is 3.08. The number of likely N-dealkylation sites (N-methyl/N-ethyl adjacent to an activating group) is 2. The number of nitrogens with zero attached hydrogens (tertiary/aromatic N) is 4. The lowest BCUT2D eigenvalue weighted by Gasteiger charge is -2.25. The fourth-order valence-corrected chi connectivity index (χ4v) is 2.98. The summed E-state index contributed by atoms with van der Waals surface area (Å²) in [5.41, 5.74) is 2.07. The van der Waals surface area contributed by atoms with Gasteiger partial charge in [0.15, 0.2) is 5.96 Å². The average molecular weight is 373 g/mol. The van der Waals surface area contributed by atoms with Gasteiger partial charge in [0, 0.05) is 39.6 Å². The minimum atomic E-state index is 0.121. The molecule has 27 heavy (non-hydrogen) atoms. The van der Waals surface area contributed by atoms with Crippen molar-refractivity contribution in [2.45, 2.75) is 33.6 Å². The largest absolute Gasteiger partial charge is 0.357 e. The Labute approximate surface area is 161 Å². The smallest absolute Gasteiger partial charge is 0.242 e. The first kappa shape index (κ1) is 20.7. The molecular formula is C20H32N6O. The van der Waals surface area contributed by atoms with E-state index in [-0.39, 0.29) is 5.91 Å². The summed E-state index contributed by atoms with van der Waals surface area (Å²) < 4.78 is 0.